The van der Waals surface area contributed by atoms with Crippen molar-refractivity contribution in [3.05, 3.63) is 82.5 Å². The van der Waals surface area contributed by atoms with Crippen molar-refractivity contribution in [2.75, 3.05) is 18.4 Å². The quantitative estimate of drug-likeness (QED) is 0.380. The van der Waals surface area contributed by atoms with Crippen LogP contribution in [0.15, 0.2) is 80.6 Å². The number of hydrogen-bond acceptors (Lipinski definition) is 7. The first kappa shape index (κ1) is 30.2. The van der Waals surface area contributed by atoms with Crippen molar-refractivity contribution < 1.29 is 55.5 Å². The molecular formula is C25H27N2NaO6S2. The Labute approximate surface area is 234 Å². The number of nitrogens with one attached hydrogen (secondary N) is 1. The van der Waals surface area contributed by atoms with E-state index >= 15 is 0 Å². The Morgan fingerprint density at radius 3 is 2.36 bits per heavy atom. The fourth-order valence-electron chi connectivity index (χ4n) is 3.71. The molecule has 0 fully saturated rings. The molecular weight excluding hydrogens is 511 g/mol. The molecule has 0 aliphatic heterocycles. The van der Waals surface area contributed by atoms with Gasteiger partial charge in [0.05, 0.1) is 10.6 Å². The van der Waals surface area contributed by atoms with Crippen LogP contribution in [-0.4, -0.2) is 44.7 Å². The van der Waals surface area contributed by atoms with Gasteiger partial charge in [-0.3, -0.25) is 9.55 Å². The van der Waals surface area contributed by atoms with E-state index in [1.165, 1.54) is 23.3 Å². The number of aryl methyl sites for hydroxylation is 1. The average Bonchev–Trinajstić information content (AvgIpc) is 2.76. The summed E-state index contributed by atoms with van der Waals surface area (Å²) in [5.74, 6) is 0. The average molecular weight is 539 g/mol. The smallest absolute Gasteiger partial charge is 0.744 e. The van der Waals surface area contributed by atoms with Gasteiger partial charge in [0.25, 0.3) is 10.1 Å². The van der Waals surface area contributed by atoms with E-state index in [1.807, 2.05) is 13.0 Å². The third-order valence-corrected chi connectivity index (χ3v) is 7.18. The summed E-state index contributed by atoms with van der Waals surface area (Å²) in [4.78, 5) is 3.27. The fourth-order valence-corrected chi connectivity index (χ4v) is 4.99. The molecule has 0 saturated heterocycles. The van der Waals surface area contributed by atoms with Crippen LogP contribution in [0.25, 0.3) is 6.08 Å². The fraction of sp³-hybridized carbons (Fsp3) is 0.240. The first-order valence-electron chi connectivity index (χ1n) is 10.9. The van der Waals surface area contributed by atoms with Gasteiger partial charge in [-0.1, -0.05) is 24.3 Å². The van der Waals surface area contributed by atoms with Crippen LogP contribution in [0.5, 0.6) is 0 Å². The molecule has 186 valence electrons. The topological polar surface area (TPSA) is 136 Å². The number of allylic oxidation sites excluding steroid dienone is 5. The second-order valence-corrected chi connectivity index (χ2v) is 10.9. The zero-order valence-corrected chi connectivity index (χ0v) is 24.3. The van der Waals surface area contributed by atoms with Crippen LogP contribution in [-0.2, 0) is 26.7 Å². The summed E-state index contributed by atoms with van der Waals surface area (Å²) >= 11 is 0. The van der Waals surface area contributed by atoms with Crippen LogP contribution in [0.4, 0.5) is 5.69 Å². The Balaban J connectivity index is 0.00000456. The van der Waals surface area contributed by atoms with E-state index < -0.39 is 30.0 Å². The first-order valence-corrected chi connectivity index (χ1v) is 13.8. The molecule has 11 heteroatoms. The Hall–Kier alpha value is -2.05. The molecule has 2 N–H and O–H groups in total. The summed E-state index contributed by atoms with van der Waals surface area (Å²) in [5, 5.41) is 3.32. The van der Waals surface area contributed by atoms with E-state index in [-0.39, 0.29) is 35.1 Å². The van der Waals surface area contributed by atoms with Crippen molar-refractivity contribution in [1.82, 2.24) is 0 Å². The molecule has 0 unspecified atom stereocenters. The predicted molar refractivity (Wildman–Crippen MR) is 136 cm³/mol. The molecule has 0 heterocycles. The van der Waals surface area contributed by atoms with E-state index in [0.717, 1.165) is 36.0 Å². The molecule has 0 amide bonds. The minimum absolute atomic E-state index is 0. The van der Waals surface area contributed by atoms with Crippen molar-refractivity contribution >= 4 is 37.7 Å². The first-order chi connectivity index (χ1) is 16.4. The van der Waals surface area contributed by atoms with Crippen molar-refractivity contribution in [2.45, 2.75) is 37.0 Å². The van der Waals surface area contributed by atoms with Crippen LogP contribution in [0.2, 0.25) is 0 Å². The van der Waals surface area contributed by atoms with Crippen LogP contribution < -0.4 is 34.9 Å². The molecule has 1 aliphatic carbocycles. The Bertz CT molecular complexity index is 1470. The Morgan fingerprint density at radius 1 is 1.06 bits per heavy atom. The van der Waals surface area contributed by atoms with Crippen molar-refractivity contribution in [2.24, 2.45) is 4.99 Å². The monoisotopic (exact) mass is 538 g/mol. The largest absolute Gasteiger partial charge is 1.00 e. The zero-order chi connectivity index (χ0) is 25.8. The summed E-state index contributed by atoms with van der Waals surface area (Å²) in [6.45, 7) is 7.47. The third kappa shape index (κ3) is 7.97. The van der Waals surface area contributed by atoms with Gasteiger partial charge in [0.1, 0.15) is 15.0 Å². The third-order valence-electron chi connectivity index (χ3n) is 5.44. The molecule has 2 aromatic rings. The predicted octanol–water partition coefficient (Wildman–Crippen LogP) is 1.16. The standard InChI is InChI=1S/C25H28N2O6S2.Na/c1-4-26-23-9-5-19(13-17(23)2)11-12-27-24-10-6-20(14-18(24)3)15-21-7-8-22(34(28,29)30)16-25(21)35(31,32)33;/h5-10,13-16,26H,4,11-12H2,1-3H3,(H,28,29,30)(H,31,32,33);/q;+1/p-1/b20-15-,27-24?;. The van der Waals surface area contributed by atoms with Gasteiger partial charge in [0, 0.05) is 18.8 Å². The van der Waals surface area contributed by atoms with Gasteiger partial charge >= 0.3 is 29.6 Å². The van der Waals surface area contributed by atoms with E-state index in [2.05, 4.69) is 42.4 Å². The van der Waals surface area contributed by atoms with Crippen LogP contribution in [0.3, 0.4) is 0 Å². The molecule has 0 spiro atoms. The van der Waals surface area contributed by atoms with Crippen LogP contribution >= 0.6 is 0 Å². The number of hydrogen-bond donors (Lipinski definition) is 2. The summed E-state index contributed by atoms with van der Waals surface area (Å²) in [6.07, 6.45) is 7.63. The minimum atomic E-state index is -4.88. The molecule has 0 atom stereocenters. The van der Waals surface area contributed by atoms with Gasteiger partial charge in [-0.25, -0.2) is 8.42 Å². The zero-order valence-electron chi connectivity index (χ0n) is 20.6. The summed E-state index contributed by atoms with van der Waals surface area (Å²) in [7, 11) is -9.64. The van der Waals surface area contributed by atoms with E-state index in [1.54, 1.807) is 12.2 Å². The molecule has 2 aromatic carbocycles. The Morgan fingerprint density at radius 2 is 1.78 bits per heavy atom. The van der Waals surface area contributed by atoms with E-state index in [0.29, 0.717) is 18.2 Å². The van der Waals surface area contributed by atoms with Crippen molar-refractivity contribution in [3.8, 4) is 0 Å². The van der Waals surface area contributed by atoms with Gasteiger partial charge < -0.3 is 9.87 Å². The van der Waals surface area contributed by atoms with Gasteiger partial charge in [-0.2, -0.15) is 8.42 Å². The van der Waals surface area contributed by atoms with Gasteiger partial charge in [-0.05, 0) is 91.5 Å². The van der Waals surface area contributed by atoms with E-state index in [9.17, 15) is 25.9 Å². The van der Waals surface area contributed by atoms with E-state index in [4.69, 9.17) is 0 Å². The molecule has 3 rings (SSSR count). The summed E-state index contributed by atoms with van der Waals surface area (Å²) in [6, 6.07) is 9.14. The maximum atomic E-state index is 11.8. The number of nitrogens with zero attached hydrogens (tertiary/aromatic N) is 1. The number of rotatable bonds is 8. The number of anilines is 1. The Kier molecular flexibility index (Phi) is 10.4. The summed E-state index contributed by atoms with van der Waals surface area (Å²) in [5.41, 5.74) is 5.84. The SMILES string of the molecule is CCNc1ccc(CCN=C2C=C/C(=C/c3ccc(S(=O)(=O)[O-])cc3S(=O)(=O)O)C=C2C)cc1C.[Na+]. The molecule has 0 bridgehead atoms. The van der Waals surface area contributed by atoms with Gasteiger partial charge in [0.2, 0.25) is 0 Å². The number of benzene rings is 2. The maximum absolute atomic E-state index is 11.8. The van der Waals surface area contributed by atoms with Crippen LogP contribution in [0.1, 0.15) is 30.5 Å². The molecule has 0 radical (unpaired) electrons. The van der Waals surface area contributed by atoms with Gasteiger partial charge in [0.15, 0.2) is 0 Å². The summed E-state index contributed by atoms with van der Waals surface area (Å²) < 4.78 is 66.8. The molecule has 8 nitrogen and oxygen atoms in total. The molecule has 1 aliphatic rings. The van der Waals surface area contributed by atoms with Gasteiger partial charge in [-0.15, -0.1) is 0 Å². The minimum Gasteiger partial charge on any atom is -0.744 e. The molecule has 36 heavy (non-hydrogen) atoms. The normalized spacial score (nSPS) is 16.1. The molecule has 0 aromatic heterocycles. The maximum Gasteiger partial charge on any atom is 1.00 e. The second-order valence-electron chi connectivity index (χ2n) is 8.13. The van der Waals surface area contributed by atoms with Crippen molar-refractivity contribution in [3.63, 3.8) is 0 Å². The molecule has 0 saturated carbocycles. The second kappa shape index (κ2) is 12.5. The van der Waals surface area contributed by atoms with Crippen LogP contribution in [0, 0.1) is 6.92 Å². The number of aliphatic imine (C=N–C) groups is 1. The van der Waals surface area contributed by atoms with Crippen molar-refractivity contribution in [1.29, 1.82) is 0 Å².